The first-order valence-electron chi connectivity index (χ1n) is 9.54. The molecule has 0 aliphatic carbocycles. The summed E-state index contributed by atoms with van der Waals surface area (Å²) in [5.41, 5.74) is 3.13. The lowest BCUT2D eigenvalue weighted by atomic mass is 9.98. The van der Waals surface area contributed by atoms with Crippen LogP contribution in [0.3, 0.4) is 0 Å². The van der Waals surface area contributed by atoms with E-state index in [0.29, 0.717) is 11.4 Å². The Morgan fingerprint density at radius 2 is 1.38 bits per heavy atom. The summed E-state index contributed by atoms with van der Waals surface area (Å²) in [6, 6.07) is 27.3. The van der Waals surface area contributed by atoms with Gasteiger partial charge in [0.2, 0.25) is 0 Å². The van der Waals surface area contributed by atoms with Gasteiger partial charge in [-0.2, -0.15) is 0 Å². The summed E-state index contributed by atoms with van der Waals surface area (Å²) in [7, 11) is 0. The SMILES string of the molecule is CC(C)(Cc1ccc(Cl)cc1)OC(=O)CN=C(c1ccccc1)c1ccccc1. The van der Waals surface area contributed by atoms with Crippen LogP contribution in [0, 0.1) is 0 Å². The highest BCUT2D eigenvalue weighted by Crippen LogP contribution is 2.19. The summed E-state index contributed by atoms with van der Waals surface area (Å²) in [6.45, 7) is 3.76. The van der Waals surface area contributed by atoms with Crippen LogP contribution in [0.4, 0.5) is 0 Å². The summed E-state index contributed by atoms with van der Waals surface area (Å²) in [4.78, 5) is 17.1. The first-order valence-corrected chi connectivity index (χ1v) is 9.92. The Kier molecular flexibility index (Phi) is 6.84. The minimum absolute atomic E-state index is 0.0385. The molecule has 0 bridgehead atoms. The Morgan fingerprint density at radius 3 is 1.90 bits per heavy atom. The number of rotatable bonds is 7. The van der Waals surface area contributed by atoms with E-state index in [2.05, 4.69) is 4.99 Å². The molecule has 0 unspecified atom stereocenters. The lowest BCUT2D eigenvalue weighted by molar-refractivity contribution is -0.154. The van der Waals surface area contributed by atoms with E-state index < -0.39 is 5.60 Å². The zero-order chi connectivity index (χ0) is 20.7. The normalized spacial score (nSPS) is 11.0. The maximum atomic E-state index is 12.5. The largest absolute Gasteiger partial charge is 0.458 e. The van der Waals surface area contributed by atoms with E-state index in [9.17, 15) is 4.79 Å². The number of hydrogen-bond donors (Lipinski definition) is 0. The van der Waals surface area contributed by atoms with Crippen molar-refractivity contribution in [2.45, 2.75) is 25.9 Å². The van der Waals surface area contributed by atoms with Gasteiger partial charge < -0.3 is 4.74 Å². The third-order valence-corrected chi connectivity index (χ3v) is 4.65. The molecule has 0 saturated heterocycles. The van der Waals surface area contributed by atoms with Crippen LogP contribution in [0.1, 0.15) is 30.5 Å². The maximum absolute atomic E-state index is 12.5. The number of ether oxygens (including phenoxy) is 1. The Bertz CT molecular complexity index is 923. The van der Waals surface area contributed by atoms with Crippen LogP contribution >= 0.6 is 11.6 Å². The highest BCUT2D eigenvalue weighted by Gasteiger charge is 2.23. The van der Waals surface area contributed by atoms with Gasteiger partial charge in [0.25, 0.3) is 0 Å². The number of halogens is 1. The minimum Gasteiger partial charge on any atom is -0.458 e. The Morgan fingerprint density at radius 1 is 0.862 bits per heavy atom. The Balaban J connectivity index is 1.71. The summed E-state index contributed by atoms with van der Waals surface area (Å²) in [5.74, 6) is -0.353. The topological polar surface area (TPSA) is 38.7 Å². The van der Waals surface area contributed by atoms with E-state index in [1.807, 2.05) is 98.8 Å². The lowest BCUT2D eigenvalue weighted by Gasteiger charge is -2.25. The predicted molar refractivity (Wildman–Crippen MR) is 119 cm³/mol. The highest BCUT2D eigenvalue weighted by atomic mass is 35.5. The van der Waals surface area contributed by atoms with Gasteiger partial charge >= 0.3 is 5.97 Å². The first kappa shape index (κ1) is 20.8. The zero-order valence-electron chi connectivity index (χ0n) is 16.6. The average molecular weight is 406 g/mol. The third-order valence-electron chi connectivity index (χ3n) is 4.39. The molecule has 3 rings (SSSR count). The highest BCUT2D eigenvalue weighted by molar-refractivity contribution is 6.30. The van der Waals surface area contributed by atoms with Crippen LogP contribution < -0.4 is 0 Å². The van der Waals surface area contributed by atoms with Crippen molar-refractivity contribution in [2.75, 3.05) is 6.54 Å². The molecule has 0 radical (unpaired) electrons. The molecule has 0 atom stereocenters. The van der Waals surface area contributed by atoms with Crippen LogP contribution in [0.2, 0.25) is 5.02 Å². The van der Waals surface area contributed by atoms with Gasteiger partial charge in [-0.15, -0.1) is 0 Å². The number of aliphatic imine (C=N–C) groups is 1. The smallest absolute Gasteiger partial charge is 0.328 e. The van der Waals surface area contributed by atoms with E-state index in [4.69, 9.17) is 16.3 Å². The minimum atomic E-state index is -0.639. The quantitative estimate of drug-likeness (QED) is 0.371. The van der Waals surface area contributed by atoms with Crippen molar-refractivity contribution >= 4 is 23.3 Å². The number of carbonyl (C=O) groups is 1. The standard InChI is InChI=1S/C25H24ClNO2/c1-25(2,17-19-13-15-22(26)16-14-19)29-23(28)18-27-24(20-9-5-3-6-10-20)21-11-7-4-8-12-21/h3-16H,17-18H2,1-2H3. The van der Waals surface area contributed by atoms with E-state index in [0.717, 1.165) is 22.4 Å². The number of nitrogens with zero attached hydrogens (tertiary/aromatic N) is 1. The van der Waals surface area contributed by atoms with Crippen molar-refractivity contribution in [3.63, 3.8) is 0 Å². The number of carbonyl (C=O) groups excluding carboxylic acids is 1. The van der Waals surface area contributed by atoms with Gasteiger partial charge in [-0.25, -0.2) is 0 Å². The first-order chi connectivity index (χ1) is 13.9. The molecule has 3 aromatic rings. The fraction of sp³-hybridized carbons (Fsp3) is 0.200. The summed E-state index contributed by atoms with van der Waals surface area (Å²) >= 11 is 5.94. The molecular formula is C25H24ClNO2. The molecule has 0 N–H and O–H groups in total. The van der Waals surface area contributed by atoms with Crippen molar-refractivity contribution in [1.29, 1.82) is 0 Å². The lowest BCUT2D eigenvalue weighted by Crippen LogP contribution is -2.31. The molecule has 3 aromatic carbocycles. The van der Waals surface area contributed by atoms with Crippen LogP contribution in [0.5, 0.6) is 0 Å². The van der Waals surface area contributed by atoms with E-state index >= 15 is 0 Å². The molecule has 0 aromatic heterocycles. The fourth-order valence-corrected chi connectivity index (χ4v) is 3.28. The summed E-state index contributed by atoms with van der Waals surface area (Å²) < 4.78 is 5.72. The van der Waals surface area contributed by atoms with Crippen molar-refractivity contribution in [1.82, 2.24) is 0 Å². The number of benzene rings is 3. The molecule has 0 amide bonds. The van der Waals surface area contributed by atoms with Crippen molar-refractivity contribution in [3.05, 3.63) is 107 Å². The molecule has 0 fully saturated rings. The van der Waals surface area contributed by atoms with E-state index in [1.54, 1.807) is 0 Å². The molecular weight excluding hydrogens is 382 g/mol. The third kappa shape index (κ3) is 6.30. The molecule has 0 heterocycles. The molecule has 148 valence electrons. The second-order valence-electron chi connectivity index (χ2n) is 7.43. The van der Waals surface area contributed by atoms with Gasteiger partial charge in [-0.3, -0.25) is 9.79 Å². The van der Waals surface area contributed by atoms with E-state index in [-0.39, 0.29) is 12.5 Å². The van der Waals surface area contributed by atoms with Gasteiger partial charge in [0.1, 0.15) is 12.1 Å². The molecule has 0 aliphatic heterocycles. The zero-order valence-corrected chi connectivity index (χ0v) is 17.4. The molecule has 0 spiro atoms. The van der Waals surface area contributed by atoms with Gasteiger partial charge in [-0.1, -0.05) is 84.4 Å². The molecule has 4 heteroatoms. The predicted octanol–water partition coefficient (Wildman–Crippen LogP) is 5.74. The fourth-order valence-electron chi connectivity index (χ4n) is 3.16. The second-order valence-corrected chi connectivity index (χ2v) is 7.87. The monoisotopic (exact) mass is 405 g/mol. The van der Waals surface area contributed by atoms with Gasteiger partial charge in [0.05, 0.1) is 5.71 Å². The average Bonchev–Trinajstić information content (AvgIpc) is 2.71. The second kappa shape index (κ2) is 9.53. The number of esters is 1. The van der Waals surface area contributed by atoms with Crippen LogP contribution in [-0.2, 0) is 16.0 Å². The Hall–Kier alpha value is -2.91. The van der Waals surface area contributed by atoms with Gasteiger partial charge in [-0.05, 0) is 31.5 Å². The van der Waals surface area contributed by atoms with Crippen molar-refractivity contribution < 1.29 is 9.53 Å². The molecule has 0 aliphatic rings. The van der Waals surface area contributed by atoms with Crippen LogP contribution in [0.25, 0.3) is 0 Å². The molecule has 29 heavy (non-hydrogen) atoms. The van der Waals surface area contributed by atoms with E-state index in [1.165, 1.54) is 0 Å². The maximum Gasteiger partial charge on any atom is 0.328 e. The van der Waals surface area contributed by atoms with Crippen molar-refractivity contribution in [2.24, 2.45) is 4.99 Å². The van der Waals surface area contributed by atoms with Crippen molar-refractivity contribution in [3.8, 4) is 0 Å². The Labute approximate surface area is 177 Å². The summed E-state index contributed by atoms with van der Waals surface area (Å²) in [5, 5.41) is 0.687. The van der Waals surface area contributed by atoms with Gasteiger partial charge in [0.15, 0.2) is 0 Å². The van der Waals surface area contributed by atoms with Gasteiger partial charge in [0, 0.05) is 22.6 Å². The van der Waals surface area contributed by atoms with Crippen LogP contribution in [0.15, 0.2) is 89.9 Å². The molecule has 0 saturated carbocycles. The number of hydrogen-bond acceptors (Lipinski definition) is 3. The van der Waals surface area contributed by atoms with Crippen LogP contribution in [-0.4, -0.2) is 23.8 Å². The molecule has 3 nitrogen and oxygen atoms in total. The summed E-state index contributed by atoms with van der Waals surface area (Å²) in [6.07, 6.45) is 0.601.